The molecular weight excluding hydrogens is 324 g/mol. The zero-order valence-electron chi connectivity index (χ0n) is 11.3. The second-order valence-corrected chi connectivity index (χ2v) is 5.43. The maximum absolute atomic E-state index is 11.0. The van der Waals surface area contributed by atoms with Gasteiger partial charge in [-0.15, -0.1) is 0 Å². The lowest BCUT2D eigenvalue weighted by molar-refractivity contribution is -0.385. The van der Waals surface area contributed by atoms with Crippen molar-refractivity contribution in [2.24, 2.45) is 7.05 Å². The van der Waals surface area contributed by atoms with Crippen molar-refractivity contribution in [3.8, 4) is 0 Å². The molecule has 2 aromatic rings. The smallest absolute Gasteiger partial charge is 0.275 e. The number of aryl methyl sites for hydroxylation is 1. The number of nitrogens with one attached hydrogen (secondary N) is 1. The Labute approximate surface area is 125 Å². The molecule has 0 unspecified atom stereocenters. The monoisotopic (exact) mass is 338 g/mol. The third-order valence-corrected chi connectivity index (χ3v) is 3.71. The molecule has 0 saturated heterocycles. The lowest BCUT2D eigenvalue weighted by Gasteiger charge is -2.06. The molecule has 2 rings (SSSR count). The highest BCUT2D eigenvalue weighted by molar-refractivity contribution is 9.10. The third kappa shape index (κ3) is 3.23. The topological polar surface area (TPSA) is 73.0 Å². The van der Waals surface area contributed by atoms with Gasteiger partial charge in [-0.2, -0.15) is 5.10 Å². The molecule has 20 heavy (non-hydrogen) atoms. The second-order valence-electron chi connectivity index (χ2n) is 4.51. The summed E-state index contributed by atoms with van der Waals surface area (Å²) in [5, 5.41) is 18.4. The van der Waals surface area contributed by atoms with Crippen molar-refractivity contribution in [2.75, 3.05) is 0 Å². The SMILES string of the molecule is Cc1c(CNCc2ccc(Br)cc2[N+](=O)[O-])cnn1C. The summed E-state index contributed by atoms with van der Waals surface area (Å²) in [4.78, 5) is 10.6. The minimum absolute atomic E-state index is 0.120. The molecule has 0 amide bonds. The molecule has 0 bridgehead atoms. The van der Waals surface area contributed by atoms with Crippen LogP contribution < -0.4 is 5.32 Å². The quantitative estimate of drug-likeness (QED) is 0.671. The van der Waals surface area contributed by atoms with E-state index in [-0.39, 0.29) is 10.6 Å². The maximum atomic E-state index is 11.0. The molecule has 1 aromatic carbocycles. The summed E-state index contributed by atoms with van der Waals surface area (Å²) in [6.07, 6.45) is 1.80. The largest absolute Gasteiger partial charge is 0.308 e. The van der Waals surface area contributed by atoms with E-state index in [1.54, 1.807) is 23.0 Å². The summed E-state index contributed by atoms with van der Waals surface area (Å²) in [6, 6.07) is 5.08. The number of halogens is 1. The Morgan fingerprint density at radius 2 is 2.10 bits per heavy atom. The molecule has 7 heteroatoms. The van der Waals surface area contributed by atoms with Crippen molar-refractivity contribution in [3.63, 3.8) is 0 Å². The van der Waals surface area contributed by atoms with Crippen molar-refractivity contribution in [1.82, 2.24) is 15.1 Å². The van der Waals surface area contributed by atoms with Gasteiger partial charge in [0.15, 0.2) is 0 Å². The summed E-state index contributed by atoms with van der Waals surface area (Å²) in [6.45, 7) is 3.07. The Kier molecular flexibility index (Phi) is 4.51. The van der Waals surface area contributed by atoms with Crippen LogP contribution >= 0.6 is 15.9 Å². The Balaban J connectivity index is 2.04. The van der Waals surface area contributed by atoms with Crippen molar-refractivity contribution >= 4 is 21.6 Å². The normalized spacial score (nSPS) is 10.8. The van der Waals surface area contributed by atoms with E-state index in [2.05, 4.69) is 26.3 Å². The summed E-state index contributed by atoms with van der Waals surface area (Å²) in [7, 11) is 1.89. The molecule has 0 radical (unpaired) electrons. The second kappa shape index (κ2) is 6.15. The molecule has 1 N–H and O–H groups in total. The minimum atomic E-state index is -0.364. The first-order valence-electron chi connectivity index (χ1n) is 6.10. The summed E-state index contributed by atoms with van der Waals surface area (Å²) >= 11 is 3.25. The number of nitro benzene ring substituents is 1. The maximum Gasteiger partial charge on any atom is 0.275 e. The van der Waals surface area contributed by atoms with Crippen LogP contribution in [0.25, 0.3) is 0 Å². The molecule has 0 spiro atoms. The standard InChI is InChI=1S/C13H15BrN4O2/c1-9-11(8-16-17(9)2)7-15-6-10-3-4-12(14)5-13(10)18(19)20/h3-5,8,15H,6-7H2,1-2H3. The van der Waals surface area contributed by atoms with Gasteiger partial charge in [-0.1, -0.05) is 15.9 Å². The Bertz CT molecular complexity index is 639. The zero-order valence-corrected chi connectivity index (χ0v) is 12.8. The van der Waals surface area contributed by atoms with Crippen LogP contribution in [0, 0.1) is 17.0 Å². The lowest BCUT2D eigenvalue weighted by Crippen LogP contribution is -2.14. The van der Waals surface area contributed by atoms with Gasteiger partial charge in [0.25, 0.3) is 5.69 Å². The fraction of sp³-hybridized carbons (Fsp3) is 0.308. The van der Waals surface area contributed by atoms with Gasteiger partial charge < -0.3 is 5.32 Å². The highest BCUT2D eigenvalue weighted by Crippen LogP contribution is 2.23. The molecule has 106 valence electrons. The number of rotatable bonds is 5. The number of hydrogen-bond donors (Lipinski definition) is 1. The van der Waals surface area contributed by atoms with Gasteiger partial charge >= 0.3 is 0 Å². The average molecular weight is 339 g/mol. The number of nitro groups is 1. The van der Waals surface area contributed by atoms with Crippen LogP contribution in [-0.2, 0) is 20.1 Å². The molecule has 0 fully saturated rings. The summed E-state index contributed by atoms with van der Waals surface area (Å²) in [5.74, 6) is 0. The molecule has 0 saturated carbocycles. The Morgan fingerprint density at radius 1 is 1.40 bits per heavy atom. The minimum Gasteiger partial charge on any atom is -0.308 e. The molecule has 0 aliphatic carbocycles. The molecule has 0 aliphatic heterocycles. The molecular formula is C13H15BrN4O2. The number of benzene rings is 1. The highest BCUT2D eigenvalue weighted by atomic mass is 79.9. The van der Waals surface area contributed by atoms with Crippen LogP contribution in [0.3, 0.4) is 0 Å². The van der Waals surface area contributed by atoms with Crippen molar-refractivity contribution in [3.05, 3.63) is 55.8 Å². The van der Waals surface area contributed by atoms with Gasteiger partial charge in [0.2, 0.25) is 0 Å². The van der Waals surface area contributed by atoms with Gasteiger partial charge in [0, 0.05) is 47.5 Å². The first-order chi connectivity index (χ1) is 9.49. The van der Waals surface area contributed by atoms with E-state index in [4.69, 9.17) is 0 Å². The number of nitrogens with zero attached hydrogens (tertiary/aromatic N) is 3. The first kappa shape index (κ1) is 14.7. The van der Waals surface area contributed by atoms with E-state index in [9.17, 15) is 10.1 Å². The van der Waals surface area contributed by atoms with E-state index >= 15 is 0 Å². The van der Waals surface area contributed by atoms with E-state index in [0.29, 0.717) is 23.1 Å². The van der Waals surface area contributed by atoms with Gasteiger partial charge in [-0.25, -0.2) is 0 Å². The van der Waals surface area contributed by atoms with Crippen molar-refractivity contribution < 1.29 is 4.92 Å². The fourth-order valence-corrected chi connectivity index (χ4v) is 2.25. The van der Waals surface area contributed by atoms with Gasteiger partial charge in [-0.3, -0.25) is 14.8 Å². The molecule has 1 heterocycles. The highest BCUT2D eigenvalue weighted by Gasteiger charge is 2.13. The van der Waals surface area contributed by atoms with Crippen LogP contribution in [0.4, 0.5) is 5.69 Å². The summed E-state index contributed by atoms with van der Waals surface area (Å²) < 4.78 is 2.51. The lowest BCUT2D eigenvalue weighted by atomic mass is 10.1. The van der Waals surface area contributed by atoms with E-state index in [0.717, 1.165) is 11.3 Å². The number of aromatic nitrogens is 2. The van der Waals surface area contributed by atoms with Crippen LogP contribution in [0.5, 0.6) is 0 Å². The van der Waals surface area contributed by atoms with Gasteiger partial charge in [0.1, 0.15) is 0 Å². The van der Waals surface area contributed by atoms with Crippen molar-refractivity contribution in [2.45, 2.75) is 20.0 Å². The fourth-order valence-electron chi connectivity index (χ4n) is 1.91. The van der Waals surface area contributed by atoms with Gasteiger partial charge in [0.05, 0.1) is 11.1 Å². The summed E-state index contributed by atoms with van der Waals surface area (Å²) in [5.41, 5.74) is 2.96. The van der Waals surface area contributed by atoms with Gasteiger partial charge in [-0.05, 0) is 19.1 Å². The van der Waals surface area contributed by atoms with Crippen LogP contribution in [0.1, 0.15) is 16.8 Å². The predicted molar refractivity (Wildman–Crippen MR) is 79.3 cm³/mol. The van der Waals surface area contributed by atoms with Crippen molar-refractivity contribution in [1.29, 1.82) is 0 Å². The van der Waals surface area contributed by atoms with E-state index in [1.807, 2.05) is 14.0 Å². The molecule has 0 atom stereocenters. The van der Waals surface area contributed by atoms with E-state index < -0.39 is 0 Å². The number of hydrogen-bond acceptors (Lipinski definition) is 4. The molecule has 6 nitrogen and oxygen atoms in total. The third-order valence-electron chi connectivity index (χ3n) is 3.21. The van der Waals surface area contributed by atoms with Crippen LogP contribution in [0.15, 0.2) is 28.9 Å². The molecule has 0 aliphatic rings. The van der Waals surface area contributed by atoms with Crippen LogP contribution in [-0.4, -0.2) is 14.7 Å². The Hall–Kier alpha value is -1.73. The Morgan fingerprint density at radius 3 is 2.70 bits per heavy atom. The van der Waals surface area contributed by atoms with Crippen LogP contribution in [0.2, 0.25) is 0 Å². The predicted octanol–water partition coefficient (Wildman–Crippen LogP) is 2.69. The first-order valence-corrected chi connectivity index (χ1v) is 6.89. The van der Waals surface area contributed by atoms with E-state index in [1.165, 1.54) is 6.07 Å². The average Bonchev–Trinajstić information content (AvgIpc) is 2.72. The molecule has 1 aromatic heterocycles. The zero-order chi connectivity index (χ0) is 14.7.